The Balaban J connectivity index is 1.30. The van der Waals surface area contributed by atoms with Crippen LogP contribution in [0.2, 0.25) is 0 Å². The van der Waals surface area contributed by atoms with Crippen LogP contribution in [0.25, 0.3) is 0 Å². The van der Waals surface area contributed by atoms with Crippen molar-refractivity contribution in [3.63, 3.8) is 0 Å². The molecular weight excluding hydrogens is 492 g/mol. The first-order valence-electron chi connectivity index (χ1n) is 12.8. The molecule has 0 aromatic carbocycles. The fourth-order valence-corrected chi connectivity index (χ4v) is 7.88. The molecule has 1 saturated heterocycles. The summed E-state index contributed by atoms with van der Waals surface area (Å²) in [6.07, 6.45) is 3.56. The van der Waals surface area contributed by atoms with Gasteiger partial charge in [0, 0.05) is 19.0 Å². The molecule has 2 N–H and O–H groups in total. The molecule has 4 saturated carbocycles. The van der Waals surface area contributed by atoms with Crippen LogP contribution in [0.15, 0.2) is 17.2 Å². The lowest BCUT2D eigenvalue weighted by atomic mass is 9.52. The number of thioether (sulfide) groups is 1. The minimum atomic E-state index is -2.77. The number of nitrogens with one attached hydrogen (secondary N) is 1. The maximum absolute atomic E-state index is 13.5. The van der Waals surface area contributed by atoms with Gasteiger partial charge in [-0.2, -0.15) is 8.78 Å². The average molecular weight is 526 g/mol. The van der Waals surface area contributed by atoms with Gasteiger partial charge in [0.15, 0.2) is 0 Å². The van der Waals surface area contributed by atoms with Crippen molar-refractivity contribution in [2.75, 3.05) is 23.7 Å². The largest absolute Gasteiger partial charge is 0.506 e. The Morgan fingerprint density at radius 1 is 1.28 bits per heavy atom. The number of anilines is 1. The molecule has 1 aromatic rings. The summed E-state index contributed by atoms with van der Waals surface area (Å²) in [7, 11) is 0. The quantitative estimate of drug-likeness (QED) is 0.351. The highest BCUT2D eigenvalue weighted by molar-refractivity contribution is 7.99. The third-order valence-electron chi connectivity index (χ3n) is 8.12. The lowest BCUT2D eigenvalue weighted by Gasteiger charge is -2.59. The molecule has 4 aliphatic carbocycles. The van der Waals surface area contributed by atoms with Gasteiger partial charge < -0.3 is 24.8 Å². The van der Waals surface area contributed by atoms with E-state index in [1.807, 2.05) is 4.90 Å². The van der Waals surface area contributed by atoms with E-state index in [1.165, 1.54) is 11.8 Å². The van der Waals surface area contributed by atoms with Crippen molar-refractivity contribution in [3.05, 3.63) is 17.7 Å². The van der Waals surface area contributed by atoms with E-state index in [0.717, 1.165) is 25.0 Å². The molecular formula is C25H33F2N3O5S. The van der Waals surface area contributed by atoms with Crippen molar-refractivity contribution in [1.29, 1.82) is 0 Å². The second-order valence-electron chi connectivity index (χ2n) is 10.6. The fraction of sp³-hybridized carbons (Fsp3) is 0.720. The molecule has 1 aromatic heterocycles. The maximum atomic E-state index is 13.5. The van der Waals surface area contributed by atoms with E-state index in [9.17, 15) is 18.4 Å². The van der Waals surface area contributed by atoms with Gasteiger partial charge in [-0.25, -0.2) is 9.78 Å². The van der Waals surface area contributed by atoms with Gasteiger partial charge in [-0.05, 0) is 74.2 Å². The Morgan fingerprint density at radius 2 is 2.03 bits per heavy atom. The molecule has 2 heterocycles. The molecule has 0 radical (unpaired) electrons. The Hall–Kier alpha value is -2.14. The number of carbonyl (C=O) groups is 2. The maximum Gasteiger partial charge on any atom is 0.506 e. The van der Waals surface area contributed by atoms with Gasteiger partial charge in [-0.3, -0.25) is 4.79 Å². The number of amides is 1. The number of rotatable bonds is 9. The fourth-order valence-electron chi connectivity index (χ4n) is 7.01. The molecule has 1 aliphatic heterocycles. The number of carbonyl (C=O) groups excluding carboxylic acids is 1. The van der Waals surface area contributed by atoms with Gasteiger partial charge in [0.25, 0.3) is 5.91 Å². The summed E-state index contributed by atoms with van der Waals surface area (Å²) in [5.74, 6) is 2.01. The van der Waals surface area contributed by atoms with Crippen LogP contribution in [0.4, 0.5) is 19.4 Å². The minimum absolute atomic E-state index is 0.0420. The molecule has 5 fully saturated rings. The number of hydrogen-bond acceptors (Lipinski definition) is 7. The van der Waals surface area contributed by atoms with Gasteiger partial charge >= 0.3 is 12.8 Å². The second-order valence-corrected chi connectivity index (χ2v) is 11.7. The summed E-state index contributed by atoms with van der Waals surface area (Å²) in [4.78, 5) is 31.1. The summed E-state index contributed by atoms with van der Waals surface area (Å²) >= 11 is 1.53. The topological polar surface area (TPSA) is 101 Å². The number of carboxylic acid groups (broad SMARTS) is 1. The molecule has 3 atom stereocenters. The van der Waals surface area contributed by atoms with Crippen molar-refractivity contribution in [2.24, 2.45) is 17.8 Å². The Kier molecular flexibility index (Phi) is 7.31. The van der Waals surface area contributed by atoms with Crippen LogP contribution in [-0.2, 0) is 9.47 Å². The first-order valence-corrected chi connectivity index (χ1v) is 13.8. The normalized spacial score (nSPS) is 32.8. The van der Waals surface area contributed by atoms with E-state index >= 15 is 0 Å². The molecule has 36 heavy (non-hydrogen) atoms. The summed E-state index contributed by atoms with van der Waals surface area (Å²) in [5, 5.41) is 12.8. The number of ether oxygens (including phenoxy) is 2. The molecule has 3 unspecified atom stereocenters. The average Bonchev–Trinajstić information content (AvgIpc) is 3.26. The summed E-state index contributed by atoms with van der Waals surface area (Å²) < 4.78 is 36.2. The van der Waals surface area contributed by atoms with E-state index in [-0.39, 0.29) is 23.8 Å². The van der Waals surface area contributed by atoms with Crippen LogP contribution >= 0.6 is 11.8 Å². The van der Waals surface area contributed by atoms with Gasteiger partial charge in [0.05, 0.1) is 17.7 Å². The predicted octanol–water partition coefficient (Wildman–Crippen LogP) is 4.77. The van der Waals surface area contributed by atoms with Crippen LogP contribution in [0.1, 0.15) is 62.2 Å². The molecule has 8 nitrogen and oxygen atoms in total. The highest BCUT2D eigenvalue weighted by atomic mass is 32.2. The van der Waals surface area contributed by atoms with E-state index < -0.39 is 24.5 Å². The third-order valence-corrected chi connectivity index (χ3v) is 9.32. The van der Waals surface area contributed by atoms with Crippen LogP contribution in [0.3, 0.4) is 0 Å². The monoisotopic (exact) mass is 525 g/mol. The zero-order valence-electron chi connectivity index (χ0n) is 20.3. The molecule has 6 rings (SSSR count). The van der Waals surface area contributed by atoms with Gasteiger partial charge in [0.2, 0.25) is 0 Å². The van der Waals surface area contributed by atoms with E-state index in [1.54, 1.807) is 12.1 Å². The summed E-state index contributed by atoms with van der Waals surface area (Å²) in [5.41, 5.74) is -0.225. The lowest BCUT2D eigenvalue weighted by molar-refractivity contribution is -0.260. The van der Waals surface area contributed by atoms with Crippen LogP contribution in [-0.4, -0.2) is 65.4 Å². The van der Waals surface area contributed by atoms with Crippen molar-refractivity contribution in [1.82, 2.24) is 10.3 Å². The number of alkyl halides is 2. The van der Waals surface area contributed by atoms with Crippen molar-refractivity contribution in [3.8, 4) is 0 Å². The first-order chi connectivity index (χ1) is 17.2. The molecule has 11 heteroatoms. The van der Waals surface area contributed by atoms with E-state index in [4.69, 9.17) is 19.6 Å². The molecule has 198 valence electrons. The SMILES string of the molecule is CCCSc1nc(N2CCC(OC(=O)O)C2)ccc1C(=O)N[C@H]1C2CC3CC1C[C@@](OC(F)F)(C3)C2. The highest BCUT2D eigenvalue weighted by Gasteiger charge is 2.57. The zero-order valence-corrected chi connectivity index (χ0v) is 21.1. The number of aromatic nitrogens is 1. The van der Waals surface area contributed by atoms with Crippen LogP contribution in [0.5, 0.6) is 0 Å². The number of hydrogen-bond donors (Lipinski definition) is 2. The Labute approximate surface area is 213 Å². The van der Waals surface area contributed by atoms with Crippen molar-refractivity contribution >= 4 is 29.6 Å². The minimum Gasteiger partial charge on any atom is -0.450 e. The van der Waals surface area contributed by atoms with Gasteiger partial charge in [-0.15, -0.1) is 11.8 Å². The first kappa shape index (κ1) is 25.5. The van der Waals surface area contributed by atoms with Gasteiger partial charge in [-0.1, -0.05) is 6.92 Å². The Bertz CT molecular complexity index is 978. The predicted molar refractivity (Wildman–Crippen MR) is 130 cm³/mol. The smallest absolute Gasteiger partial charge is 0.450 e. The molecule has 0 spiro atoms. The van der Waals surface area contributed by atoms with Crippen LogP contribution in [0, 0.1) is 17.8 Å². The van der Waals surface area contributed by atoms with Crippen molar-refractivity contribution in [2.45, 2.75) is 81.3 Å². The van der Waals surface area contributed by atoms with Crippen LogP contribution < -0.4 is 10.2 Å². The van der Waals surface area contributed by atoms with E-state index in [0.29, 0.717) is 61.1 Å². The number of halogens is 2. The standard InChI is InChI=1S/C25H33F2N3O5S/c1-2-7-36-22-18(3-4-19(28-22)30-6-5-17(13-30)34-24(32)33)21(31)29-20-15-8-14-9-16(20)12-25(10-14,11-15)35-23(26)27/h3-4,14-17,20,23H,2,5-13H2,1H3,(H,29,31)(H,32,33)/t14?,15?,16?,17?,20-,25+. The number of nitrogens with zero attached hydrogens (tertiary/aromatic N) is 2. The van der Waals surface area contributed by atoms with Gasteiger partial charge in [0.1, 0.15) is 16.9 Å². The zero-order chi connectivity index (χ0) is 25.4. The Morgan fingerprint density at radius 3 is 2.69 bits per heavy atom. The molecule has 5 aliphatic rings. The van der Waals surface area contributed by atoms with E-state index in [2.05, 4.69) is 12.2 Å². The third kappa shape index (κ3) is 5.27. The number of pyridine rings is 1. The highest BCUT2D eigenvalue weighted by Crippen LogP contribution is 2.57. The van der Waals surface area contributed by atoms with Crippen molar-refractivity contribution < 1.29 is 33.0 Å². The second kappa shape index (κ2) is 10.3. The lowest BCUT2D eigenvalue weighted by Crippen LogP contribution is -2.62. The molecule has 4 bridgehead atoms. The summed E-state index contributed by atoms with van der Waals surface area (Å²) in [6.45, 7) is 0.358. The summed E-state index contributed by atoms with van der Waals surface area (Å²) in [6, 6.07) is 3.55. The molecule has 1 amide bonds.